The summed E-state index contributed by atoms with van der Waals surface area (Å²) < 4.78 is 0. The molecule has 0 aliphatic heterocycles. The topological polar surface area (TPSA) is 58.5 Å². The van der Waals surface area contributed by atoms with Gasteiger partial charge in [0, 0.05) is 0 Å². The number of rotatable bonds is 1. The quantitative estimate of drug-likeness (QED) is 0.348. The van der Waals surface area contributed by atoms with Gasteiger partial charge in [0.15, 0.2) is 0 Å². The summed E-state index contributed by atoms with van der Waals surface area (Å²) in [5, 5.41) is 21.0. The van der Waals surface area contributed by atoms with E-state index in [2.05, 4.69) is 4.99 Å². The fourth-order valence-corrected chi connectivity index (χ4v) is 0.702. The molecule has 0 aliphatic carbocycles. The maximum atomic E-state index is 10.6. The third-order valence-corrected chi connectivity index (χ3v) is 1.12. The summed E-state index contributed by atoms with van der Waals surface area (Å²) in [6.07, 6.45) is 0. The third-order valence-electron chi connectivity index (χ3n) is 1.12. The second kappa shape index (κ2) is 5.40. The Labute approximate surface area is 101 Å². The molecule has 58 valence electrons. The largest absolute Gasteiger partial charge is 2.00 e. The summed E-state index contributed by atoms with van der Waals surface area (Å²) in [4.78, 5) is 3.62. The van der Waals surface area contributed by atoms with Crippen LogP contribution in [0.3, 0.4) is 0 Å². The Hall–Kier alpha value is -0.250. The van der Waals surface area contributed by atoms with Gasteiger partial charge in [-0.05, 0) is 25.0 Å². The molecule has 0 fully saturated rings. The molecular formula is C8H7CaNO2. The normalized spacial score (nSPS) is 10.6. The minimum Gasteiger partial charge on any atom is -0.872 e. The first-order chi connectivity index (χ1) is 5.18. The van der Waals surface area contributed by atoms with Gasteiger partial charge < -0.3 is 10.2 Å². The smallest absolute Gasteiger partial charge is 0.872 e. The Morgan fingerprint density at radius 2 is 1.75 bits per heavy atom. The average Bonchev–Trinajstić information content (AvgIpc) is 1.93. The van der Waals surface area contributed by atoms with Crippen molar-refractivity contribution in [3.8, 4) is 5.75 Å². The molecule has 0 saturated heterocycles. The molecule has 0 unspecified atom stereocenters. The van der Waals surface area contributed by atoms with Gasteiger partial charge in [-0.3, -0.25) is 4.99 Å². The SMILES string of the molecule is CC([O-])=Nc1ccc([O-])cc1.[Ca+2]. The second-order valence-corrected chi connectivity index (χ2v) is 2.12. The van der Waals surface area contributed by atoms with Crippen molar-refractivity contribution in [3.05, 3.63) is 24.3 Å². The molecule has 3 nitrogen and oxygen atoms in total. The fourth-order valence-electron chi connectivity index (χ4n) is 0.702. The maximum Gasteiger partial charge on any atom is 2.00 e. The van der Waals surface area contributed by atoms with Crippen molar-refractivity contribution in [2.75, 3.05) is 0 Å². The molecule has 0 heterocycles. The Morgan fingerprint density at radius 1 is 1.25 bits per heavy atom. The van der Waals surface area contributed by atoms with Crippen molar-refractivity contribution in [1.82, 2.24) is 0 Å². The molecule has 0 atom stereocenters. The maximum absolute atomic E-state index is 10.6. The van der Waals surface area contributed by atoms with Gasteiger partial charge in [0.1, 0.15) is 0 Å². The molecule has 1 rings (SSSR count). The summed E-state index contributed by atoms with van der Waals surface area (Å²) in [7, 11) is 0. The van der Waals surface area contributed by atoms with Gasteiger partial charge in [-0.1, -0.05) is 12.1 Å². The molecule has 0 saturated carbocycles. The number of hydrogen-bond acceptors (Lipinski definition) is 3. The van der Waals surface area contributed by atoms with E-state index < -0.39 is 0 Å². The van der Waals surface area contributed by atoms with Crippen LogP contribution in [0.25, 0.3) is 0 Å². The molecule has 0 radical (unpaired) electrons. The van der Waals surface area contributed by atoms with Gasteiger partial charge in [0.25, 0.3) is 0 Å². The molecule has 1 aromatic carbocycles. The van der Waals surface area contributed by atoms with E-state index in [1.165, 1.54) is 31.2 Å². The van der Waals surface area contributed by atoms with Crippen LogP contribution in [-0.2, 0) is 0 Å². The summed E-state index contributed by atoms with van der Waals surface area (Å²) in [6.45, 7) is 1.37. The Bertz CT molecular complexity index is 265. The van der Waals surface area contributed by atoms with E-state index in [0.717, 1.165) is 0 Å². The zero-order valence-electron chi connectivity index (χ0n) is 6.78. The third kappa shape index (κ3) is 3.95. The van der Waals surface area contributed by atoms with Crippen molar-refractivity contribution in [3.63, 3.8) is 0 Å². The van der Waals surface area contributed by atoms with Crippen molar-refractivity contribution >= 4 is 49.3 Å². The molecule has 0 N–H and O–H groups in total. The summed E-state index contributed by atoms with van der Waals surface area (Å²) in [5.41, 5.74) is 0.525. The van der Waals surface area contributed by atoms with Crippen LogP contribution in [0, 0.1) is 0 Å². The van der Waals surface area contributed by atoms with Crippen molar-refractivity contribution in [1.29, 1.82) is 0 Å². The van der Waals surface area contributed by atoms with Crippen LogP contribution in [-0.4, -0.2) is 43.6 Å². The molecule has 0 amide bonds. The summed E-state index contributed by atoms with van der Waals surface area (Å²) in [5.74, 6) is -0.337. The van der Waals surface area contributed by atoms with Crippen LogP contribution in [0.1, 0.15) is 6.92 Å². The van der Waals surface area contributed by atoms with E-state index in [1.807, 2.05) is 0 Å². The Balaban J connectivity index is 0.00000121. The average molecular weight is 189 g/mol. The van der Waals surface area contributed by atoms with E-state index >= 15 is 0 Å². The molecular weight excluding hydrogens is 182 g/mol. The van der Waals surface area contributed by atoms with Crippen LogP contribution in [0.2, 0.25) is 0 Å². The van der Waals surface area contributed by atoms with E-state index in [0.29, 0.717) is 5.69 Å². The minimum absolute atomic E-state index is 0. The zero-order valence-corrected chi connectivity index (χ0v) is 8.99. The molecule has 0 spiro atoms. The first-order valence-corrected chi connectivity index (χ1v) is 3.18. The van der Waals surface area contributed by atoms with Crippen molar-refractivity contribution < 1.29 is 10.2 Å². The number of hydrogen-bond donors (Lipinski definition) is 0. The van der Waals surface area contributed by atoms with Crippen LogP contribution in [0.4, 0.5) is 5.69 Å². The van der Waals surface area contributed by atoms with E-state index in [1.54, 1.807) is 0 Å². The van der Waals surface area contributed by atoms with Crippen LogP contribution < -0.4 is 10.2 Å². The van der Waals surface area contributed by atoms with E-state index in [4.69, 9.17) is 0 Å². The standard InChI is InChI=1S/C8H9NO2.Ca/c1-6(10)9-7-2-4-8(11)5-3-7;/h2-5,11H,1H3,(H,9,10);/q;+2/p-2. The summed E-state index contributed by atoms with van der Waals surface area (Å²) in [6, 6.07) is 5.79. The van der Waals surface area contributed by atoms with Gasteiger partial charge in [-0.25, -0.2) is 0 Å². The first-order valence-electron chi connectivity index (χ1n) is 3.18. The van der Waals surface area contributed by atoms with Crippen LogP contribution in [0.15, 0.2) is 29.3 Å². The molecule has 4 heteroatoms. The van der Waals surface area contributed by atoms with Crippen molar-refractivity contribution in [2.45, 2.75) is 6.92 Å². The van der Waals surface area contributed by atoms with Gasteiger partial charge in [-0.15, -0.1) is 5.75 Å². The van der Waals surface area contributed by atoms with E-state index in [9.17, 15) is 10.2 Å². The summed E-state index contributed by atoms with van der Waals surface area (Å²) >= 11 is 0. The predicted octanol–water partition coefficient (Wildman–Crippen LogP) is -0.210. The van der Waals surface area contributed by atoms with Gasteiger partial charge in [0.2, 0.25) is 0 Å². The zero-order chi connectivity index (χ0) is 8.27. The Morgan fingerprint density at radius 3 is 2.17 bits per heavy atom. The first kappa shape index (κ1) is 11.7. The van der Waals surface area contributed by atoms with Gasteiger partial charge in [-0.2, -0.15) is 0 Å². The number of nitrogens with zero attached hydrogens (tertiary/aromatic N) is 1. The fraction of sp³-hybridized carbons (Fsp3) is 0.125. The number of benzene rings is 1. The van der Waals surface area contributed by atoms with Crippen LogP contribution in [0.5, 0.6) is 5.75 Å². The molecule has 0 aliphatic rings. The number of aliphatic imine (C=N–C) groups is 1. The van der Waals surface area contributed by atoms with E-state index in [-0.39, 0.29) is 49.4 Å². The van der Waals surface area contributed by atoms with Crippen molar-refractivity contribution in [2.24, 2.45) is 4.99 Å². The molecule has 0 bridgehead atoms. The van der Waals surface area contributed by atoms with Crippen LogP contribution >= 0.6 is 0 Å². The monoisotopic (exact) mass is 189 g/mol. The molecule has 1 aromatic rings. The second-order valence-electron chi connectivity index (χ2n) is 2.12. The molecule has 0 aromatic heterocycles. The minimum atomic E-state index is -0.261. The Kier molecular flexibility index (Phi) is 5.29. The van der Waals surface area contributed by atoms with Gasteiger partial charge in [0.05, 0.1) is 5.69 Å². The molecule has 12 heavy (non-hydrogen) atoms. The predicted molar refractivity (Wildman–Crippen MR) is 44.4 cm³/mol. The van der Waals surface area contributed by atoms with Gasteiger partial charge >= 0.3 is 37.7 Å².